The first kappa shape index (κ1) is 19.9. The molecule has 0 aromatic carbocycles. The normalized spacial score (nSPS) is 11.9. The number of rotatable bonds is 15. The summed E-state index contributed by atoms with van der Waals surface area (Å²) in [6.07, 6.45) is 12.8. The second-order valence-corrected chi connectivity index (χ2v) is 7.17. The zero-order chi connectivity index (χ0) is 15.1. The molecule has 0 saturated heterocycles. The Balaban J connectivity index is 3.24. The summed E-state index contributed by atoms with van der Waals surface area (Å²) < 4.78 is 27.7. The number of unbranched alkanes of at least 4 members (excludes halogenated alkanes) is 9. The molecule has 0 heterocycles. The number of nitrogens with two attached hydrogens (primary N) is 1. The van der Waals surface area contributed by atoms with Crippen LogP contribution in [-0.2, 0) is 14.3 Å². The highest BCUT2D eigenvalue weighted by atomic mass is 32.2. The topological polar surface area (TPSA) is 69.4 Å². The van der Waals surface area contributed by atoms with Crippen LogP contribution >= 0.6 is 0 Å². The maximum absolute atomic E-state index is 11.4. The molecule has 5 heteroatoms. The molecule has 0 rings (SSSR count). The van der Waals surface area contributed by atoms with Crippen molar-refractivity contribution in [2.24, 2.45) is 5.73 Å². The van der Waals surface area contributed by atoms with Gasteiger partial charge in [-0.15, -0.1) is 0 Å². The van der Waals surface area contributed by atoms with Gasteiger partial charge in [0.1, 0.15) is 0 Å². The van der Waals surface area contributed by atoms with E-state index in [4.69, 9.17) is 9.92 Å². The van der Waals surface area contributed by atoms with Crippen molar-refractivity contribution in [3.05, 3.63) is 0 Å². The maximum Gasteiger partial charge on any atom is 0.267 e. The van der Waals surface area contributed by atoms with Gasteiger partial charge in [0.05, 0.1) is 12.4 Å². The second kappa shape index (κ2) is 13.8. The van der Waals surface area contributed by atoms with Crippen molar-refractivity contribution < 1.29 is 12.6 Å². The van der Waals surface area contributed by atoms with Gasteiger partial charge in [0, 0.05) is 0 Å². The van der Waals surface area contributed by atoms with Gasteiger partial charge < -0.3 is 5.73 Å². The summed E-state index contributed by atoms with van der Waals surface area (Å²) in [4.78, 5) is 0. The molecule has 0 aliphatic rings. The molecule has 0 unspecified atom stereocenters. The first-order valence-corrected chi connectivity index (χ1v) is 9.77. The quantitative estimate of drug-likeness (QED) is 0.371. The van der Waals surface area contributed by atoms with E-state index >= 15 is 0 Å². The molecule has 0 aromatic heterocycles. The Kier molecular flexibility index (Phi) is 13.7. The lowest BCUT2D eigenvalue weighted by atomic mass is 10.1. The van der Waals surface area contributed by atoms with Crippen molar-refractivity contribution in [3.8, 4) is 0 Å². The Bertz CT molecular complexity index is 291. The minimum absolute atomic E-state index is 0.0429. The third kappa shape index (κ3) is 14.3. The van der Waals surface area contributed by atoms with E-state index in [2.05, 4.69) is 6.92 Å². The lowest BCUT2D eigenvalue weighted by molar-refractivity contribution is 0.306. The summed E-state index contributed by atoms with van der Waals surface area (Å²) in [5.74, 6) is 0.0429. The number of hydrogen-bond donors (Lipinski definition) is 1. The molecular weight excluding hydrogens is 274 g/mol. The molecule has 0 radical (unpaired) electrons. The maximum atomic E-state index is 11.4. The summed E-state index contributed by atoms with van der Waals surface area (Å²) in [7, 11) is -3.33. The average molecular weight is 308 g/mol. The molecule has 0 aliphatic carbocycles. The monoisotopic (exact) mass is 307 g/mol. The SMILES string of the molecule is CCCCCCCCCCCCOS(=O)(=O)CCCN. The zero-order valence-electron chi connectivity index (χ0n) is 13.1. The van der Waals surface area contributed by atoms with Crippen molar-refractivity contribution in [1.82, 2.24) is 0 Å². The van der Waals surface area contributed by atoms with Gasteiger partial charge in [0.25, 0.3) is 10.1 Å². The largest absolute Gasteiger partial charge is 0.330 e. The van der Waals surface area contributed by atoms with Crippen molar-refractivity contribution in [1.29, 1.82) is 0 Å². The average Bonchev–Trinajstić information content (AvgIpc) is 2.42. The molecule has 0 spiro atoms. The highest BCUT2D eigenvalue weighted by molar-refractivity contribution is 7.86. The smallest absolute Gasteiger partial charge is 0.267 e. The molecule has 0 aromatic rings. The predicted molar refractivity (Wildman–Crippen MR) is 85.3 cm³/mol. The van der Waals surface area contributed by atoms with Gasteiger partial charge in [-0.3, -0.25) is 4.18 Å². The van der Waals surface area contributed by atoms with Crippen LogP contribution < -0.4 is 5.73 Å². The van der Waals surface area contributed by atoms with Crippen LogP contribution in [0.4, 0.5) is 0 Å². The molecule has 2 N–H and O–H groups in total. The Hall–Kier alpha value is -0.130. The predicted octanol–water partition coefficient (Wildman–Crippen LogP) is 3.60. The second-order valence-electron chi connectivity index (χ2n) is 5.41. The highest BCUT2D eigenvalue weighted by Gasteiger charge is 2.09. The Morgan fingerprint density at radius 3 is 1.80 bits per heavy atom. The van der Waals surface area contributed by atoms with Crippen LogP contribution in [0.5, 0.6) is 0 Å². The third-order valence-electron chi connectivity index (χ3n) is 3.36. The van der Waals surface area contributed by atoms with E-state index in [0.717, 1.165) is 12.8 Å². The van der Waals surface area contributed by atoms with E-state index < -0.39 is 10.1 Å². The molecule has 0 amide bonds. The van der Waals surface area contributed by atoms with Crippen molar-refractivity contribution in [3.63, 3.8) is 0 Å². The minimum Gasteiger partial charge on any atom is -0.330 e. The highest BCUT2D eigenvalue weighted by Crippen LogP contribution is 2.10. The lowest BCUT2D eigenvalue weighted by Gasteiger charge is -2.05. The Morgan fingerprint density at radius 1 is 0.800 bits per heavy atom. The van der Waals surface area contributed by atoms with Crippen molar-refractivity contribution in [2.75, 3.05) is 18.9 Å². The molecule has 20 heavy (non-hydrogen) atoms. The van der Waals surface area contributed by atoms with Crippen LogP contribution in [0, 0.1) is 0 Å². The van der Waals surface area contributed by atoms with Crippen LogP contribution in [0.15, 0.2) is 0 Å². The van der Waals surface area contributed by atoms with Gasteiger partial charge in [-0.05, 0) is 19.4 Å². The number of hydrogen-bond acceptors (Lipinski definition) is 4. The third-order valence-corrected chi connectivity index (χ3v) is 4.67. The standard InChI is InChI=1S/C15H33NO3S/c1-2-3-4-5-6-7-8-9-10-11-14-19-20(17,18)15-12-13-16/h2-16H2,1H3. The fourth-order valence-corrected chi connectivity index (χ4v) is 3.10. The molecule has 4 nitrogen and oxygen atoms in total. The van der Waals surface area contributed by atoms with E-state index in [1.807, 2.05) is 0 Å². The van der Waals surface area contributed by atoms with Gasteiger partial charge in [-0.2, -0.15) is 8.42 Å². The van der Waals surface area contributed by atoms with Crippen molar-refractivity contribution in [2.45, 2.75) is 77.6 Å². The van der Waals surface area contributed by atoms with Gasteiger partial charge in [0.15, 0.2) is 0 Å². The molecule has 0 fully saturated rings. The van der Waals surface area contributed by atoms with Crippen LogP contribution in [0.1, 0.15) is 77.6 Å². The van der Waals surface area contributed by atoms with Gasteiger partial charge in [-0.1, -0.05) is 64.7 Å². The first-order valence-electron chi connectivity index (χ1n) is 8.19. The molecule has 0 saturated carbocycles. The van der Waals surface area contributed by atoms with Crippen LogP contribution in [0.25, 0.3) is 0 Å². The van der Waals surface area contributed by atoms with Crippen LogP contribution in [0.2, 0.25) is 0 Å². The van der Waals surface area contributed by atoms with E-state index in [1.54, 1.807) is 0 Å². The van der Waals surface area contributed by atoms with E-state index in [-0.39, 0.29) is 5.75 Å². The van der Waals surface area contributed by atoms with Crippen LogP contribution in [-0.4, -0.2) is 27.3 Å². The summed E-state index contributed by atoms with van der Waals surface area (Å²) in [6, 6.07) is 0. The Morgan fingerprint density at radius 2 is 1.30 bits per heavy atom. The lowest BCUT2D eigenvalue weighted by Crippen LogP contribution is -2.14. The fourth-order valence-electron chi connectivity index (χ4n) is 2.09. The van der Waals surface area contributed by atoms with Gasteiger partial charge in [0.2, 0.25) is 0 Å². The molecule has 0 bridgehead atoms. The van der Waals surface area contributed by atoms with Crippen molar-refractivity contribution >= 4 is 10.1 Å². The summed E-state index contributed by atoms with van der Waals surface area (Å²) in [5, 5.41) is 0. The van der Waals surface area contributed by atoms with E-state index in [9.17, 15) is 8.42 Å². The van der Waals surface area contributed by atoms with E-state index in [0.29, 0.717) is 19.6 Å². The van der Waals surface area contributed by atoms with Crippen LogP contribution in [0.3, 0.4) is 0 Å². The molecule has 0 atom stereocenters. The molecule has 122 valence electrons. The Labute approximate surface area is 125 Å². The molecular formula is C15H33NO3S. The summed E-state index contributed by atoms with van der Waals surface area (Å²) in [6.45, 7) is 2.95. The fraction of sp³-hybridized carbons (Fsp3) is 1.00. The van der Waals surface area contributed by atoms with Gasteiger partial charge in [-0.25, -0.2) is 0 Å². The zero-order valence-corrected chi connectivity index (χ0v) is 13.9. The first-order chi connectivity index (χ1) is 9.62. The van der Waals surface area contributed by atoms with Gasteiger partial charge >= 0.3 is 0 Å². The van der Waals surface area contributed by atoms with E-state index in [1.165, 1.54) is 51.4 Å². The minimum atomic E-state index is -3.33. The molecule has 0 aliphatic heterocycles. The summed E-state index contributed by atoms with van der Waals surface area (Å²) in [5.41, 5.74) is 5.28. The summed E-state index contributed by atoms with van der Waals surface area (Å²) >= 11 is 0.